The van der Waals surface area contributed by atoms with Gasteiger partial charge in [0.25, 0.3) is 5.91 Å². The van der Waals surface area contributed by atoms with Crippen LogP contribution in [0.4, 0.5) is 0 Å². The summed E-state index contributed by atoms with van der Waals surface area (Å²) in [5.41, 5.74) is 2.91. The number of ketones is 1. The standard InChI is InChI=1S/C25H28N2O5/c1-16(28)18-4-7-23(24(12-18)31-3)32-15-25(29)27-10-8-17(9-11-27)21-14-26-22-6-5-19(30-2)13-20(21)22/h4-7,12-14,17,26H,8-11,15H2,1-3H3. The highest BCUT2D eigenvalue weighted by Crippen LogP contribution is 2.35. The largest absolute Gasteiger partial charge is 0.497 e. The normalized spacial score (nSPS) is 14.4. The zero-order valence-electron chi connectivity index (χ0n) is 18.6. The number of carbonyl (C=O) groups excluding carboxylic acids is 2. The molecule has 7 heteroatoms. The van der Waals surface area contributed by atoms with Crippen LogP contribution in [0.1, 0.15) is 41.6 Å². The van der Waals surface area contributed by atoms with E-state index in [1.54, 1.807) is 25.3 Å². The van der Waals surface area contributed by atoms with E-state index in [0.29, 0.717) is 36.1 Å². The lowest BCUT2D eigenvalue weighted by atomic mass is 9.89. The lowest BCUT2D eigenvalue weighted by Gasteiger charge is -2.32. The minimum absolute atomic E-state index is 0.0533. The fourth-order valence-electron chi connectivity index (χ4n) is 4.26. The van der Waals surface area contributed by atoms with E-state index in [1.807, 2.05) is 17.0 Å². The van der Waals surface area contributed by atoms with E-state index in [9.17, 15) is 9.59 Å². The molecule has 1 amide bonds. The van der Waals surface area contributed by atoms with Crippen molar-refractivity contribution < 1.29 is 23.8 Å². The third-order valence-electron chi connectivity index (χ3n) is 6.13. The van der Waals surface area contributed by atoms with Gasteiger partial charge in [-0.2, -0.15) is 0 Å². The number of Topliss-reactive ketones (excluding diaryl/α,β-unsaturated/α-hetero) is 1. The summed E-state index contributed by atoms with van der Waals surface area (Å²) >= 11 is 0. The summed E-state index contributed by atoms with van der Waals surface area (Å²) in [4.78, 5) is 29.5. The second kappa shape index (κ2) is 9.34. The number of amides is 1. The number of ether oxygens (including phenoxy) is 3. The van der Waals surface area contributed by atoms with Crippen molar-refractivity contribution in [1.82, 2.24) is 9.88 Å². The molecule has 2 heterocycles. The topological polar surface area (TPSA) is 80.9 Å². The van der Waals surface area contributed by atoms with Crippen LogP contribution in [0.5, 0.6) is 17.2 Å². The summed E-state index contributed by atoms with van der Waals surface area (Å²) in [5.74, 6) is 2.02. The Morgan fingerprint density at radius 1 is 1.03 bits per heavy atom. The molecule has 1 aromatic heterocycles. The van der Waals surface area contributed by atoms with Crippen molar-refractivity contribution in [1.29, 1.82) is 0 Å². The summed E-state index contributed by atoms with van der Waals surface area (Å²) in [6, 6.07) is 11.0. The predicted octanol–water partition coefficient (Wildman–Crippen LogP) is 4.17. The molecule has 0 unspecified atom stereocenters. The highest BCUT2D eigenvalue weighted by molar-refractivity contribution is 5.94. The maximum atomic E-state index is 12.7. The summed E-state index contributed by atoms with van der Waals surface area (Å²) in [7, 11) is 3.19. The molecule has 0 radical (unpaired) electrons. The average Bonchev–Trinajstić information content (AvgIpc) is 3.25. The van der Waals surface area contributed by atoms with Gasteiger partial charge in [0.2, 0.25) is 0 Å². The Bertz CT molecular complexity index is 1130. The van der Waals surface area contributed by atoms with E-state index in [0.717, 1.165) is 24.1 Å². The smallest absolute Gasteiger partial charge is 0.260 e. The van der Waals surface area contributed by atoms with Crippen molar-refractivity contribution in [3.8, 4) is 17.2 Å². The maximum Gasteiger partial charge on any atom is 0.260 e. The monoisotopic (exact) mass is 436 g/mol. The molecule has 2 aromatic carbocycles. The molecule has 32 heavy (non-hydrogen) atoms. The van der Waals surface area contributed by atoms with E-state index in [-0.39, 0.29) is 18.3 Å². The first-order chi connectivity index (χ1) is 15.5. The predicted molar refractivity (Wildman–Crippen MR) is 122 cm³/mol. The maximum absolute atomic E-state index is 12.7. The molecule has 0 aliphatic carbocycles. The molecule has 0 atom stereocenters. The molecule has 7 nitrogen and oxygen atoms in total. The third kappa shape index (κ3) is 4.42. The van der Waals surface area contributed by atoms with Gasteiger partial charge in [0.15, 0.2) is 23.9 Å². The molecule has 1 aliphatic heterocycles. The number of H-pyrrole nitrogens is 1. The Morgan fingerprint density at radius 3 is 2.50 bits per heavy atom. The minimum atomic E-state index is -0.0648. The number of rotatable bonds is 7. The SMILES string of the molecule is COc1ccc2[nH]cc(C3CCN(C(=O)COc4ccc(C(C)=O)cc4OC)CC3)c2c1. The quantitative estimate of drug-likeness (QED) is 0.562. The van der Waals surface area contributed by atoms with Crippen LogP contribution in [0.2, 0.25) is 0 Å². The van der Waals surface area contributed by atoms with Crippen molar-refractivity contribution in [2.24, 2.45) is 0 Å². The Hall–Kier alpha value is -3.48. The second-order valence-corrected chi connectivity index (χ2v) is 8.02. The van der Waals surface area contributed by atoms with Crippen LogP contribution in [0.3, 0.4) is 0 Å². The van der Waals surface area contributed by atoms with Gasteiger partial charge in [0.1, 0.15) is 5.75 Å². The lowest BCUT2D eigenvalue weighted by Crippen LogP contribution is -2.40. The van der Waals surface area contributed by atoms with Crippen LogP contribution in [-0.4, -0.2) is 55.5 Å². The van der Waals surface area contributed by atoms with Gasteiger partial charge in [-0.25, -0.2) is 0 Å². The van der Waals surface area contributed by atoms with Gasteiger partial charge < -0.3 is 24.1 Å². The fourth-order valence-corrected chi connectivity index (χ4v) is 4.26. The molecule has 1 N–H and O–H groups in total. The number of carbonyl (C=O) groups is 2. The lowest BCUT2D eigenvalue weighted by molar-refractivity contribution is -0.134. The zero-order chi connectivity index (χ0) is 22.7. The van der Waals surface area contributed by atoms with Crippen LogP contribution in [-0.2, 0) is 4.79 Å². The number of methoxy groups -OCH3 is 2. The van der Waals surface area contributed by atoms with Gasteiger partial charge >= 0.3 is 0 Å². The van der Waals surface area contributed by atoms with Gasteiger partial charge in [0.05, 0.1) is 14.2 Å². The number of nitrogens with one attached hydrogen (secondary N) is 1. The number of fused-ring (bicyclic) bond motifs is 1. The highest BCUT2D eigenvalue weighted by Gasteiger charge is 2.26. The number of aromatic nitrogens is 1. The molecule has 1 saturated heterocycles. The minimum Gasteiger partial charge on any atom is -0.497 e. The first-order valence-corrected chi connectivity index (χ1v) is 10.7. The van der Waals surface area contributed by atoms with Crippen molar-refractivity contribution in [2.75, 3.05) is 33.9 Å². The van der Waals surface area contributed by atoms with Crippen molar-refractivity contribution >= 4 is 22.6 Å². The number of piperidine rings is 1. The van der Waals surface area contributed by atoms with Crippen LogP contribution in [0.25, 0.3) is 10.9 Å². The van der Waals surface area contributed by atoms with Crippen LogP contribution >= 0.6 is 0 Å². The summed E-state index contributed by atoms with van der Waals surface area (Å²) in [6.45, 7) is 2.80. The average molecular weight is 437 g/mol. The summed E-state index contributed by atoms with van der Waals surface area (Å²) < 4.78 is 16.4. The third-order valence-corrected chi connectivity index (χ3v) is 6.13. The van der Waals surface area contributed by atoms with Crippen molar-refractivity contribution in [2.45, 2.75) is 25.7 Å². The van der Waals surface area contributed by atoms with E-state index in [4.69, 9.17) is 14.2 Å². The van der Waals surface area contributed by atoms with Crippen molar-refractivity contribution in [3.05, 3.63) is 53.7 Å². The molecule has 1 fully saturated rings. The van der Waals surface area contributed by atoms with Gasteiger partial charge in [-0.1, -0.05) is 0 Å². The molecule has 0 bridgehead atoms. The Morgan fingerprint density at radius 2 is 1.81 bits per heavy atom. The first kappa shape index (κ1) is 21.7. The molecular weight excluding hydrogens is 408 g/mol. The number of aromatic amines is 1. The molecule has 3 aromatic rings. The summed E-state index contributed by atoms with van der Waals surface area (Å²) in [5, 5.41) is 1.18. The van der Waals surface area contributed by atoms with Crippen LogP contribution < -0.4 is 14.2 Å². The molecular formula is C25H28N2O5. The molecule has 0 saturated carbocycles. The Balaban J connectivity index is 1.36. The van der Waals surface area contributed by atoms with Crippen LogP contribution in [0.15, 0.2) is 42.6 Å². The van der Waals surface area contributed by atoms with Crippen molar-refractivity contribution in [3.63, 3.8) is 0 Å². The number of hydrogen-bond donors (Lipinski definition) is 1. The molecule has 0 spiro atoms. The Kier molecular flexibility index (Phi) is 6.35. The van der Waals surface area contributed by atoms with E-state index in [2.05, 4.69) is 17.2 Å². The number of likely N-dealkylation sites (tertiary alicyclic amines) is 1. The van der Waals surface area contributed by atoms with Gasteiger partial charge in [-0.3, -0.25) is 9.59 Å². The van der Waals surface area contributed by atoms with E-state index in [1.165, 1.54) is 25.0 Å². The Labute approximate surface area is 187 Å². The zero-order valence-corrected chi connectivity index (χ0v) is 18.6. The first-order valence-electron chi connectivity index (χ1n) is 10.7. The molecule has 168 valence electrons. The van der Waals surface area contributed by atoms with Gasteiger partial charge in [-0.05, 0) is 67.6 Å². The number of hydrogen-bond acceptors (Lipinski definition) is 5. The van der Waals surface area contributed by atoms with E-state index < -0.39 is 0 Å². The second-order valence-electron chi connectivity index (χ2n) is 8.02. The van der Waals surface area contributed by atoms with Gasteiger partial charge in [-0.15, -0.1) is 0 Å². The highest BCUT2D eigenvalue weighted by atomic mass is 16.5. The van der Waals surface area contributed by atoms with E-state index >= 15 is 0 Å². The van der Waals surface area contributed by atoms with Gasteiger partial charge in [0, 0.05) is 35.8 Å². The van der Waals surface area contributed by atoms with Crippen LogP contribution in [0, 0.1) is 0 Å². The molecule has 1 aliphatic rings. The molecule has 4 rings (SSSR count). The summed E-state index contributed by atoms with van der Waals surface area (Å²) in [6.07, 6.45) is 3.87. The number of benzene rings is 2. The number of nitrogens with zero attached hydrogens (tertiary/aromatic N) is 1. The fraction of sp³-hybridized carbons (Fsp3) is 0.360.